The van der Waals surface area contributed by atoms with E-state index in [-0.39, 0.29) is 71.7 Å². The number of alkyl halides is 3. The molecule has 1 aliphatic carbocycles. The molecule has 133 heavy (non-hydrogen) atoms. The van der Waals surface area contributed by atoms with E-state index < -0.39 is 11.9 Å². The average molecular weight is 1820 g/mol. The van der Waals surface area contributed by atoms with Crippen molar-refractivity contribution in [3.63, 3.8) is 0 Å². The van der Waals surface area contributed by atoms with Crippen LogP contribution in [0.15, 0.2) is 173 Å². The minimum atomic E-state index is -4.42. The fourth-order valence-corrected chi connectivity index (χ4v) is 16.7. The number of carbonyl (C=O) groups is 5. The molecule has 9 aromatic carbocycles. The second-order valence-electron chi connectivity index (χ2n) is 36.0. The Labute approximate surface area is 776 Å². The number of hydrogen-bond acceptors (Lipinski definition) is 18. The van der Waals surface area contributed by atoms with Gasteiger partial charge in [-0.25, -0.2) is 19.2 Å². The molecular weight excluding hydrogens is 1700 g/mol. The van der Waals surface area contributed by atoms with Gasteiger partial charge in [-0.05, 0) is 312 Å². The lowest BCUT2D eigenvalue weighted by atomic mass is 9.89. The highest BCUT2D eigenvalue weighted by atomic mass is 19.4. The molecule has 704 valence electrons. The number of aromatic nitrogens is 3. The molecule has 1 atom stereocenters. The SMILES string of the molecule is CCN1C(=O)COc2ccc(C)cc21.CCn1c(=O)c(C)nc2ccc(C)cc21.Cc1cc2c(cc1F)CCC(C)(C)O2.Cc1ccc2c(c1)C(=O)N1CCCC1CO2.Cc1ccc2c(c1)N(C)C(=O)CC2.Cc1ccc2c(c1)N(C)CC(=O)O2.Cc1ccc2c(c1)N(C)CC1(CC1)C2.Cc1ccc2c(c1)OCC(=O)N2C.Cc1ccc2c(c1)OCCO2.Cc1ncc(C(F)(F)F)o1. The Kier molecular flexibility index (Phi) is 32.0. The van der Waals surface area contributed by atoms with E-state index in [4.69, 9.17) is 33.2 Å². The van der Waals surface area contributed by atoms with Gasteiger partial charge < -0.3 is 71.5 Å². The second kappa shape index (κ2) is 43.0. The van der Waals surface area contributed by atoms with Crippen LogP contribution in [0.25, 0.3) is 11.0 Å². The van der Waals surface area contributed by atoms with Gasteiger partial charge in [-0.3, -0.25) is 24.0 Å². The molecule has 0 bridgehead atoms. The summed E-state index contributed by atoms with van der Waals surface area (Å²) in [6.07, 6.45) is 5.98. The maximum absolute atomic E-state index is 13.2. The lowest BCUT2D eigenvalue weighted by molar-refractivity contribution is -0.153. The molecule has 21 rings (SSSR count). The summed E-state index contributed by atoms with van der Waals surface area (Å²) in [5.74, 6) is 4.61. The van der Waals surface area contributed by atoms with Crippen LogP contribution in [0.1, 0.15) is 161 Å². The third-order valence-corrected chi connectivity index (χ3v) is 24.4. The Morgan fingerprint density at radius 1 is 0.496 bits per heavy atom. The third-order valence-electron chi connectivity index (χ3n) is 24.4. The van der Waals surface area contributed by atoms with E-state index in [0.717, 1.165) is 140 Å². The number of anilines is 5. The fraction of sp³-hybridized carbons (Fsp3) is 0.396. The van der Waals surface area contributed by atoms with E-state index in [1.165, 1.54) is 66.2 Å². The molecule has 10 aliphatic rings. The molecule has 0 N–H and O–H groups in total. The minimum absolute atomic E-state index is 0.00338. The van der Waals surface area contributed by atoms with E-state index in [1.807, 2.05) is 195 Å². The normalized spacial score (nSPS) is 16.6. The highest BCUT2D eigenvalue weighted by Crippen LogP contribution is 2.53. The van der Waals surface area contributed by atoms with Crippen molar-refractivity contribution in [2.75, 3.05) is 112 Å². The molecule has 9 aliphatic heterocycles. The molecule has 4 amide bonds. The molecule has 2 fully saturated rings. The largest absolute Gasteiger partial charge is 0.491 e. The number of nitrogens with zero attached hydrogens (tertiary/aromatic N) is 9. The summed E-state index contributed by atoms with van der Waals surface area (Å²) in [5.41, 5.74) is 22.9. The van der Waals surface area contributed by atoms with Gasteiger partial charge in [0.2, 0.25) is 11.7 Å². The Morgan fingerprint density at radius 3 is 1.72 bits per heavy atom. The van der Waals surface area contributed by atoms with Crippen molar-refractivity contribution in [3.8, 4) is 40.2 Å². The Balaban J connectivity index is 0.000000134. The van der Waals surface area contributed by atoms with Crippen LogP contribution in [0.2, 0.25) is 0 Å². The van der Waals surface area contributed by atoms with Gasteiger partial charge in [0.25, 0.3) is 23.3 Å². The Hall–Kier alpha value is -13.2. The first kappa shape index (κ1) is 98.8. The monoisotopic (exact) mass is 1820 g/mol. The number of fused-ring (bicyclic) bond motifs is 10. The minimum Gasteiger partial charge on any atom is -0.491 e. The van der Waals surface area contributed by atoms with E-state index in [1.54, 1.807) is 57.9 Å². The predicted molar refractivity (Wildman–Crippen MR) is 512 cm³/mol. The number of amides is 4. The van der Waals surface area contributed by atoms with Crippen molar-refractivity contribution in [2.45, 2.75) is 186 Å². The van der Waals surface area contributed by atoms with Crippen LogP contribution in [-0.4, -0.2) is 148 Å². The predicted octanol–water partition coefficient (Wildman–Crippen LogP) is 20.1. The molecule has 27 heteroatoms. The first-order valence-electron chi connectivity index (χ1n) is 45.3. The van der Waals surface area contributed by atoms with Crippen LogP contribution in [-0.2, 0) is 51.2 Å². The average Bonchev–Trinajstić information content (AvgIpc) is 1.58. The first-order valence-corrected chi connectivity index (χ1v) is 45.3. The smallest absolute Gasteiger partial charge is 0.451 e. The van der Waals surface area contributed by atoms with Gasteiger partial charge in [0.1, 0.15) is 66.5 Å². The van der Waals surface area contributed by atoms with Crippen molar-refractivity contribution < 1.29 is 79.1 Å². The molecule has 11 heterocycles. The highest BCUT2D eigenvalue weighted by molar-refractivity contribution is 6.00. The van der Waals surface area contributed by atoms with E-state index in [0.29, 0.717) is 74.5 Å². The number of carbonyl (C=O) groups excluding carboxylic acids is 5. The van der Waals surface area contributed by atoms with Crippen LogP contribution in [0, 0.1) is 87.4 Å². The molecule has 2 aromatic heterocycles. The van der Waals surface area contributed by atoms with Crippen molar-refractivity contribution in [3.05, 3.63) is 270 Å². The zero-order valence-electron chi connectivity index (χ0n) is 79.9. The standard InChI is InChI=1S/C13H15NO2.C13H17N.C12H15FO.C12H14N2O.C11H13NO2.C11H13NO.2C10H11NO2.C9H10O2.C5H4F3NO/c1-9-4-5-12-11(7-9)13(15)14-6-2-3-10(14)8-16-12;1-10-3-4-11-8-13(5-6-13)9-14(2)12(11)7-10;1-8-6-11-9(7-10(8)13)4-5-12(2,3)14-11;1-4-14-11-7-8(2)5-6-10(11)13-9(3)12(14)15;1-3-12-9-6-8(2)4-5-10(9)14-7-11(12)13;1-8-3-4-9-5-6-11(13)12(2)10(9)7-8;1-7-3-4-9-8(5-7)11(2)6-10(12)13-9;1-7-3-4-8-9(5-7)13-6-10(12)11(8)2;1-7-2-3-8-9(6-7)11-5-4-10-8;1-3-9-2-4(10-3)5(6,7)8/h4-5,7,10H,2-3,6,8H2,1H3;3-4,7H,5-6,8-9H2,1-2H3;6-7H,4-5H2,1-3H3;5-7H,4H2,1-3H3;4-6H,3,7H2,1-2H3;3-4,7H,5-6H2,1-2H3;2*3-5H,6H2,1-2H3;2-3,6H,4-5H2,1H3;2H,1H3. The lowest BCUT2D eigenvalue weighted by Crippen LogP contribution is -2.38. The summed E-state index contributed by atoms with van der Waals surface area (Å²) in [4.78, 5) is 88.4. The van der Waals surface area contributed by atoms with Gasteiger partial charge in [0.15, 0.2) is 36.4 Å². The van der Waals surface area contributed by atoms with Crippen molar-refractivity contribution in [1.29, 1.82) is 0 Å². The second-order valence-corrected chi connectivity index (χ2v) is 36.0. The van der Waals surface area contributed by atoms with Gasteiger partial charge in [-0.15, -0.1) is 0 Å². The fourth-order valence-electron chi connectivity index (χ4n) is 16.7. The lowest BCUT2D eigenvalue weighted by Gasteiger charge is -2.34. The number of esters is 1. The molecule has 1 saturated heterocycles. The summed E-state index contributed by atoms with van der Waals surface area (Å²) < 4.78 is 92.2. The third kappa shape index (κ3) is 25.4. The quantitative estimate of drug-likeness (QED) is 0.0889. The summed E-state index contributed by atoms with van der Waals surface area (Å²) in [7, 11) is 7.73. The van der Waals surface area contributed by atoms with E-state index in [9.17, 15) is 46.3 Å². The number of benzene rings is 9. The molecule has 23 nitrogen and oxygen atoms in total. The van der Waals surface area contributed by atoms with Crippen molar-refractivity contribution in [2.24, 2.45) is 5.41 Å². The summed E-state index contributed by atoms with van der Waals surface area (Å²) >= 11 is 0. The molecular formula is C106H123F4N9O14. The number of likely N-dealkylation sites (N-methyl/N-ethyl adjacent to an activating group) is 3. The zero-order chi connectivity index (χ0) is 96.1. The molecule has 1 unspecified atom stereocenters. The van der Waals surface area contributed by atoms with Crippen molar-refractivity contribution >= 4 is 69.1 Å². The van der Waals surface area contributed by atoms with E-state index >= 15 is 0 Å². The van der Waals surface area contributed by atoms with E-state index in [2.05, 4.69) is 83.5 Å². The number of ether oxygens (including phenoxy) is 7. The first-order chi connectivity index (χ1) is 63.2. The highest BCUT2D eigenvalue weighted by Gasteiger charge is 2.46. The van der Waals surface area contributed by atoms with Crippen LogP contribution >= 0.6 is 0 Å². The molecule has 1 saturated carbocycles. The number of rotatable bonds is 2. The number of halogens is 4. The van der Waals surface area contributed by atoms with Crippen LogP contribution in [0.3, 0.4) is 0 Å². The van der Waals surface area contributed by atoms with Crippen molar-refractivity contribution in [1.82, 2.24) is 19.4 Å². The molecule has 11 aromatic rings. The summed E-state index contributed by atoms with van der Waals surface area (Å²) in [6, 6.07) is 52.1. The zero-order valence-corrected chi connectivity index (χ0v) is 79.9. The van der Waals surface area contributed by atoms with Gasteiger partial charge in [0, 0.05) is 79.1 Å². The summed E-state index contributed by atoms with van der Waals surface area (Å²) in [6.45, 7) is 35.4. The van der Waals surface area contributed by atoms with Crippen LogP contribution < -0.4 is 63.2 Å². The Morgan fingerprint density at radius 2 is 1.07 bits per heavy atom. The number of hydrogen-bond donors (Lipinski definition) is 0. The Bertz CT molecular complexity index is 6140. The van der Waals surface area contributed by atoms with Crippen LogP contribution in [0.4, 0.5) is 46.0 Å². The van der Waals surface area contributed by atoms with Gasteiger partial charge in [-0.2, -0.15) is 13.2 Å². The number of oxazole rings is 1. The number of aryl methyl sites for hydroxylation is 14. The molecule has 0 radical (unpaired) electrons. The van der Waals surface area contributed by atoms with Gasteiger partial charge in [0.05, 0.1) is 45.9 Å². The maximum atomic E-state index is 13.2. The molecule has 1 spiro atoms. The maximum Gasteiger partial charge on any atom is 0.451 e. The topological polar surface area (TPSA) is 230 Å². The van der Waals surface area contributed by atoms with Gasteiger partial charge in [-0.1, -0.05) is 66.2 Å². The summed E-state index contributed by atoms with van der Waals surface area (Å²) in [5, 5.41) is 0. The van der Waals surface area contributed by atoms with Gasteiger partial charge >= 0.3 is 12.1 Å². The van der Waals surface area contributed by atoms with Crippen LogP contribution in [0.5, 0.6) is 40.2 Å².